The van der Waals surface area contributed by atoms with E-state index >= 15 is 0 Å². The van der Waals surface area contributed by atoms with Crippen molar-refractivity contribution in [2.45, 2.75) is 24.3 Å². The van der Waals surface area contributed by atoms with Gasteiger partial charge in [0.2, 0.25) is 0 Å². The highest BCUT2D eigenvalue weighted by Crippen LogP contribution is 2.49. The Labute approximate surface area is 154 Å². The molecule has 0 amide bonds. The molecule has 0 aliphatic carbocycles. The second-order valence-electron chi connectivity index (χ2n) is 5.97. The van der Waals surface area contributed by atoms with Gasteiger partial charge in [0.15, 0.2) is 10.9 Å². The summed E-state index contributed by atoms with van der Waals surface area (Å²) in [5, 5.41) is 11.9. The lowest BCUT2D eigenvalue weighted by Crippen LogP contribution is -2.28. The second kappa shape index (κ2) is 6.14. The van der Waals surface area contributed by atoms with E-state index in [1.165, 1.54) is 0 Å². The summed E-state index contributed by atoms with van der Waals surface area (Å²) in [5.41, 5.74) is 1.85. The molecule has 0 unspecified atom stereocenters. The number of nitrogens with zero attached hydrogens (tertiary/aromatic N) is 3. The van der Waals surface area contributed by atoms with Crippen LogP contribution < -0.4 is 0 Å². The molecule has 7 heteroatoms. The normalized spacial score (nSPS) is 25.7. The van der Waals surface area contributed by atoms with Gasteiger partial charge in [-0.2, -0.15) is 0 Å². The Kier molecular flexibility index (Phi) is 4.11. The van der Waals surface area contributed by atoms with E-state index in [-0.39, 0.29) is 27.9 Å². The molecule has 0 saturated carbocycles. The Morgan fingerprint density at radius 3 is 2.67 bits per heavy atom. The van der Waals surface area contributed by atoms with E-state index in [9.17, 15) is 5.11 Å². The highest BCUT2D eigenvalue weighted by atomic mass is 35.5. The first kappa shape index (κ1) is 16.1. The van der Waals surface area contributed by atoms with Gasteiger partial charge in [0.25, 0.3) is 0 Å². The molecule has 1 N–H and O–H groups in total. The van der Waals surface area contributed by atoms with Crippen LogP contribution in [0.25, 0.3) is 0 Å². The number of amidine groups is 1. The molecular formula is C17H15Cl2N3OS. The van der Waals surface area contributed by atoms with Crippen LogP contribution >= 0.6 is 35.0 Å². The fourth-order valence-electron chi connectivity index (χ4n) is 3.23. The largest absolute Gasteiger partial charge is 0.505 e. The van der Waals surface area contributed by atoms with Crippen LogP contribution in [0.2, 0.25) is 10.0 Å². The maximum absolute atomic E-state index is 9.86. The first-order chi connectivity index (χ1) is 11.5. The number of hydrogen-bond acceptors (Lipinski definition) is 5. The van der Waals surface area contributed by atoms with Crippen molar-refractivity contribution in [2.75, 3.05) is 6.54 Å². The van der Waals surface area contributed by atoms with E-state index in [2.05, 4.69) is 16.8 Å². The van der Waals surface area contributed by atoms with E-state index in [4.69, 9.17) is 28.2 Å². The topological polar surface area (TPSA) is 48.7 Å². The molecule has 2 aromatic rings. The minimum Gasteiger partial charge on any atom is -0.505 e. The van der Waals surface area contributed by atoms with Gasteiger partial charge in [0.05, 0.1) is 21.8 Å². The lowest BCUT2D eigenvalue weighted by atomic mass is 9.96. The Hall–Kier alpha value is -1.43. The average molecular weight is 380 g/mol. The highest BCUT2D eigenvalue weighted by Gasteiger charge is 2.43. The van der Waals surface area contributed by atoms with E-state index in [0.717, 1.165) is 23.0 Å². The number of halogens is 2. The third kappa shape index (κ3) is 2.65. The first-order valence-electron chi connectivity index (χ1n) is 7.64. The predicted molar refractivity (Wildman–Crippen MR) is 99.0 cm³/mol. The number of aliphatic imine (C=N–C) groups is 1. The average Bonchev–Trinajstić information content (AvgIpc) is 3.08. The van der Waals surface area contributed by atoms with E-state index in [0.29, 0.717) is 5.25 Å². The van der Waals surface area contributed by atoms with Crippen LogP contribution in [0.5, 0.6) is 5.75 Å². The van der Waals surface area contributed by atoms with Crippen LogP contribution in [0, 0.1) is 0 Å². The Morgan fingerprint density at radius 1 is 1.25 bits per heavy atom. The molecule has 3 heterocycles. The lowest BCUT2D eigenvalue weighted by molar-refractivity contribution is 0.321. The zero-order chi connectivity index (χ0) is 16.8. The number of thioether (sulfide) groups is 1. The van der Waals surface area contributed by atoms with Crippen molar-refractivity contribution in [3.05, 3.63) is 57.8 Å². The maximum Gasteiger partial charge on any atom is 0.160 e. The summed E-state index contributed by atoms with van der Waals surface area (Å²) >= 11 is 14.1. The smallest absolute Gasteiger partial charge is 0.160 e. The van der Waals surface area contributed by atoms with Crippen molar-refractivity contribution in [3.63, 3.8) is 0 Å². The van der Waals surface area contributed by atoms with Gasteiger partial charge >= 0.3 is 0 Å². The van der Waals surface area contributed by atoms with Crippen LogP contribution in [0.1, 0.15) is 30.3 Å². The van der Waals surface area contributed by atoms with Crippen molar-refractivity contribution in [1.29, 1.82) is 0 Å². The number of fused-ring (bicyclic) bond motifs is 1. The molecular weight excluding hydrogens is 365 g/mol. The van der Waals surface area contributed by atoms with Crippen LogP contribution in [0.4, 0.5) is 0 Å². The molecule has 24 heavy (non-hydrogen) atoms. The Bertz CT molecular complexity index is 792. The second-order valence-corrected chi connectivity index (χ2v) is 8.19. The lowest BCUT2D eigenvalue weighted by Gasteiger charge is -2.27. The summed E-state index contributed by atoms with van der Waals surface area (Å²) in [7, 11) is 0. The van der Waals surface area contributed by atoms with Gasteiger partial charge in [-0.05, 0) is 29.8 Å². The Morgan fingerprint density at radius 2 is 2.00 bits per heavy atom. The van der Waals surface area contributed by atoms with Crippen LogP contribution in [-0.4, -0.2) is 32.0 Å². The van der Waals surface area contributed by atoms with Gasteiger partial charge in [-0.25, -0.2) is 0 Å². The summed E-state index contributed by atoms with van der Waals surface area (Å²) in [5.74, 6) is -0.0835. The minimum absolute atomic E-state index is 0.0250. The molecule has 3 atom stereocenters. The summed E-state index contributed by atoms with van der Waals surface area (Å²) in [6, 6.07) is 9.26. The monoisotopic (exact) mass is 379 g/mol. The molecule has 0 bridgehead atoms. The van der Waals surface area contributed by atoms with Crippen molar-refractivity contribution >= 4 is 40.1 Å². The molecule has 124 valence electrons. The SMILES string of the molecule is C[C@H]1CN2C(=N[C@H](c3ccccn3)[C@@H]2c2cc(Cl)c(O)c(Cl)c2)S1. The summed E-state index contributed by atoms with van der Waals surface area (Å²) in [4.78, 5) is 11.7. The molecule has 0 spiro atoms. The van der Waals surface area contributed by atoms with E-state index in [1.807, 2.05) is 18.2 Å². The molecule has 1 aromatic heterocycles. The van der Waals surface area contributed by atoms with Crippen LogP contribution in [0.15, 0.2) is 41.5 Å². The van der Waals surface area contributed by atoms with Crippen LogP contribution in [0.3, 0.4) is 0 Å². The van der Waals surface area contributed by atoms with Gasteiger partial charge in [-0.15, -0.1) is 0 Å². The molecule has 4 nitrogen and oxygen atoms in total. The fraction of sp³-hybridized carbons (Fsp3) is 0.294. The number of rotatable bonds is 2. The highest BCUT2D eigenvalue weighted by molar-refractivity contribution is 8.14. The summed E-state index contributed by atoms with van der Waals surface area (Å²) in [6.07, 6.45) is 1.78. The number of pyridine rings is 1. The molecule has 2 aliphatic heterocycles. The van der Waals surface area contributed by atoms with Gasteiger partial charge in [0, 0.05) is 18.0 Å². The molecule has 4 rings (SSSR count). The zero-order valence-electron chi connectivity index (χ0n) is 12.9. The van der Waals surface area contributed by atoms with Gasteiger partial charge in [-0.3, -0.25) is 9.98 Å². The predicted octanol–water partition coefficient (Wildman–Crippen LogP) is 4.68. The fourth-order valence-corrected chi connectivity index (χ4v) is 4.83. The maximum atomic E-state index is 9.86. The first-order valence-corrected chi connectivity index (χ1v) is 9.28. The van der Waals surface area contributed by atoms with Gasteiger partial charge < -0.3 is 10.0 Å². The van der Waals surface area contributed by atoms with Crippen LogP contribution in [-0.2, 0) is 0 Å². The van der Waals surface area contributed by atoms with Crippen molar-refractivity contribution in [1.82, 2.24) is 9.88 Å². The molecule has 2 aliphatic rings. The third-order valence-corrected chi connectivity index (χ3v) is 5.94. The molecule has 1 saturated heterocycles. The molecule has 0 radical (unpaired) electrons. The van der Waals surface area contributed by atoms with Crippen molar-refractivity contribution < 1.29 is 5.11 Å². The van der Waals surface area contributed by atoms with Gasteiger partial charge in [-0.1, -0.05) is 48.0 Å². The molecule has 1 aromatic carbocycles. The van der Waals surface area contributed by atoms with Crippen molar-refractivity contribution in [3.8, 4) is 5.75 Å². The third-order valence-electron chi connectivity index (χ3n) is 4.26. The number of phenols is 1. The van der Waals surface area contributed by atoms with Gasteiger partial charge in [0.1, 0.15) is 6.04 Å². The van der Waals surface area contributed by atoms with Crippen molar-refractivity contribution in [2.24, 2.45) is 4.99 Å². The number of benzene rings is 1. The molecule has 1 fully saturated rings. The number of hydrogen-bond donors (Lipinski definition) is 1. The summed E-state index contributed by atoms with van der Waals surface area (Å²) < 4.78 is 0. The number of aromatic hydroxyl groups is 1. The summed E-state index contributed by atoms with van der Waals surface area (Å²) in [6.45, 7) is 3.10. The number of phenolic OH excluding ortho intramolecular Hbond substituents is 1. The standard InChI is InChI=1S/C17H15Cl2N3OS/c1-9-8-22-15(10-6-11(18)16(23)12(19)7-10)14(21-17(22)24-9)13-4-2-3-5-20-13/h2-7,9,14-15,23H,8H2,1H3/t9-,14+,15-/m0/s1. The minimum atomic E-state index is -0.113. The Balaban J connectivity index is 1.81. The quantitative estimate of drug-likeness (QED) is 0.822. The van der Waals surface area contributed by atoms with E-state index < -0.39 is 0 Å². The number of aromatic nitrogens is 1. The zero-order valence-corrected chi connectivity index (χ0v) is 15.2. The van der Waals surface area contributed by atoms with E-state index in [1.54, 1.807) is 30.1 Å².